The predicted octanol–water partition coefficient (Wildman–Crippen LogP) is 21.0. The summed E-state index contributed by atoms with van der Waals surface area (Å²) in [6, 6.07) is 65.7. The van der Waals surface area contributed by atoms with Gasteiger partial charge in [-0.2, -0.15) is 0 Å². The molecule has 29 nitrogen and oxygen atoms in total. The van der Waals surface area contributed by atoms with E-state index in [1.165, 1.54) is 44.1 Å². The molecule has 143 heavy (non-hydrogen) atoms. The average Bonchev–Trinajstić information content (AvgIpc) is 1.60. The summed E-state index contributed by atoms with van der Waals surface area (Å²) in [5, 5.41) is 11.6. The van der Waals surface area contributed by atoms with E-state index in [0.29, 0.717) is 86.0 Å². The second-order valence-electron chi connectivity index (χ2n) is 32.7. The lowest BCUT2D eigenvalue weighted by Gasteiger charge is -2.13. The zero-order valence-corrected chi connectivity index (χ0v) is 78.1. The van der Waals surface area contributed by atoms with Crippen LogP contribution < -0.4 is 0 Å². The SMILES string of the molecule is C#Cc1ccc2c(c1)C(c1ccccc1)=N[C@H](C)c1c(-c3cnco3)ncn1-2.C#Cc1ccc2c(c1)C(c1ccccc1F)=N[C@H](C)c1c(-c3cnco3)ncn1-2.C#Cc1ccc2c(c1)C(c1ccccc1I)=NCc1c(-c3cnco3)ncn1-2.C#Cc1ccc2c(c1)C(c1ccccc1[N+](=O)[O-])=NCc1c(-c3cnco3)ncn1-2.C#Cc1ccc2c(c1)C(c1ccccn1)=N[C@H](C)c1c(-c3cnco3)ncn1-2. The van der Waals surface area contributed by atoms with E-state index in [0.717, 1.165) is 150 Å². The lowest BCUT2D eigenvalue weighted by Crippen LogP contribution is -2.09. The minimum Gasteiger partial charge on any atom is -0.442 e. The van der Waals surface area contributed by atoms with Crippen LogP contribution in [0.15, 0.2) is 360 Å². The van der Waals surface area contributed by atoms with Crippen LogP contribution in [0.5, 0.6) is 0 Å². The van der Waals surface area contributed by atoms with Crippen molar-refractivity contribution in [3.05, 3.63) is 445 Å². The Morgan fingerprint density at radius 3 is 1.09 bits per heavy atom. The lowest BCUT2D eigenvalue weighted by atomic mass is 9.97. The van der Waals surface area contributed by atoms with Crippen LogP contribution in [0.2, 0.25) is 0 Å². The summed E-state index contributed by atoms with van der Waals surface area (Å²) in [6.45, 7) is 6.75. The van der Waals surface area contributed by atoms with E-state index < -0.39 is 4.92 Å². The fraction of sp³-hybridized carbons (Fsp3) is 0.0714. The summed E-state index contributed by atoms with van der Waals surface area (Å²) in [4.78, 5) is 83.2. The van der Waals surface area contributed by atoms with Gasteiger partial charge in [0.15, 0.2) is 60.8 Å². The van der Waals surface area contributed by atoms with E-state index in [9.17, 15) is 14.5 Å². The molecule has 0 radical (unpaired) electrons. The van der Waals surface area contributed by atoms with Gasteiger partial charge >= 0.3 is 0 Å². The molecule has 20 aromatic rings. The Kier molecular flexibility index (Phi) is 24.5. The van der Waals surface area contributed by atoms with Gasteiger partial charge in [0.2, 0.25) is 0 Å². The first-order chi connectivity index (χ1) is 70.1. The molecule has 0 amide bonds. The molecule has 0 N–H and O–H groups in total. The molecule has 16 heterocycles. The average molecular weight is 1980 g/mol. The van der Waals surface area contributed by atoms with Gasteiger partial charge in [-0.1, -0.05) is 108 Å². The number of nitro groups is 1. The molecule has 5 aliphatic heterocycles. The summed E-state index contributed by atoms with van der Waals surface area (Å²) in [7, 11) is 0. The van der Waals surface area contributed by atoms with Gasteiger partial charge in [-0.15, -0.1) is 32.1 Å². The molecule has 3 atom stereocenters. The fourth-order valence-electron chi connectivity index (χ4n) is 17.9. The number of hydrogen-bond donors (Lipinski definition) is 0. The molecule has 0 unspecified atom stereocenters. The van der Waals surface area contributed by atoms with Gasteiger partial charge < -0.3 is 22.1 Å². The number of oxazole rings is 5. The van der Waals surface area contributed by atoms with Crippen molar-refractivity contribution in [2.45, 2.75) is 52.0 Å². The number of para-hydroxylation sites is 1. The monoisotopic (exact) mass is 1980 g/mol. The molecule has 0 aliphatic carbocycles. The van der Waals surface area contributed by atoms with E-state index in [-0.39, 0.29) is 36.2 Å². The maximum atomic E-state index is 14.7. The number of aliphatic imine (C=N–C) groups is 5. The highest BCUT2D eigenvalue weighted by Crippen LogP contribution is 2.43. The summed E-state index contributed by atoms with van der Waals surface area (Å²) in [6.07, 6.45) is 53.9. The van der Waals surface area contributed by atoms with E-state index in [4.69, 9.17) is 79.2 Å². The van der Waals surface area contributed by atoms with Gasteiger partial charge in [-0.25, -0.2) is 54.2 Å². The number of hydrogen-bond acceptors (Lipinski definition) is 23. The van der Waals surface area contributed by atoms with E-state index >= 15 is 0 Å². The molecule has 11 aromatic heterocycles. The molecular formula is C112H72FIN22O7. The smallest absolute Gasteiger partial charge is 0.278 e. The normalized spacial score (nSPS) is 14.0. The van der Waals surface area contributed by atoms with E-state index in [1.54, 1.807) is 98.9 Å². The van der Waals surface area contributed by atoms with Crippen molar-refractivity contribution in [2.24, 2.45) is 25.0 Å². The van der Waals surface area contributed by atoms with Crippen molar-refractivity contribution in [1.82, 2.24) is 77.7 Å². The Labute approximate surface area is 829 Å². The van der Waals surface area contributed by atoms with Gasteiger partial charge in [0, 0.05) is 88.2 Å². The minimum absolute atomic E-state index is 0.0199. The van der Waals surface area contributed by atoms with Crippen LogP contribution in [-0.4, -0.2) is 111 Å². The van der Waals surface area contributed by atoms with Crippen molar-refractivity contribution in [3.8, 4) is 147 Å². The van der Waals surface area contributed by atoms with Crippen LogP contribution in [0.3, 0.4) is 0 Å². The minimum atomic E-state index is -0.407. The molecule has 9 aromatic carbocycles. The van der Waals surface area contributed by atoms with Crippen molar-refractivity contribution < 1.29 is 31.4 Å². The number of halogens is 2. The van der Waals surface area contributed by atoms with Gasteiger partial charge in [0.05, 0.1) is 164 Å². The highest BCUT2D eigenvalue weighted by Gasteiger charge is 2.35. The number of nitro benzene ring substituents is 1. The maximum Gasteiger partial charge on any atom is 0.278 e. The van der Waals surface area contributed by atoms with Crippen molar-refractivity contribution in [1.29, 1.82) is 0 Å². The molecule has 5 aliphatic rings. The summed E-state index contributed by atoms with van der Waals surface area (Å²) >= 11 is 2.34. The number of nitrogens with zero attached hydrogens (tertiary/aromatic N) is 22. The first-order valence-electron chi connectivity index (χ1n) is 44.5. The Hall–Kier alpha value is -19.6. The third kappa shape index (κ3) is 17.1. The van der Waals surface area contributed by atoms with Crippen LogP contribution in [0.4, 0.5) is 10.1 Å². The van der Waals surface area contributed by atoms with Gasteiger partial charge in [0.25, 0.3) is 5.69 Å². The summed E-state index contributed by atoms with van der Waals surface area (Å²) in [5.41, 5.74) is 28.0. The number of rotatable bonds is 11. The number of terminal acetylenes is 5. The van der Waals surface area contributed by atoms with Crippen molar-refractivity contribution >= 4 is 56.8 Å². The second-order valence-corrected chi connectivity index (χ2v) is 33.8. The molecule has 0 fully saturated rings. The van der Waals surface area contributed by atoms with Gasteiger partial charge in [-0.3, -0.25) is 62.9 Å². The van der Waals surface area contributed by atoms with Crippen molar-refractivity contribution in [2.75, 3.05) is 0 Å². The first-order valence-corrected chi connectivity index (χ1v) is 45.6. The summed E-state index contributed by atoms with van der Waals surface area (Å²) in [5.74, 6) is 16.0. The van der Waals surface area contributed by atoms with Crippen LogP contribution in [0.1, 0.15) is 151 Å². The van der Waals surface area contributed by atoms with Crippen LogP contribution >= 0.6 is 22.6 Å². The molecule has 0 saturated heterocycles. The molecule has 0 saturated carbocycles. The molecule has 686 valence electrons. The Morgan fingerprint density at radius 1 is 0.357 bits per heavy atom. The van der Waals surface area contributed by atoms with E-state index in [2.05, 4.69) is 147 Å². The fourth-order valence-corrected chi connectivity index (χ4v) is 18.5. The zero-order chi connectivity index (χ0) is 97.9. The van der Waals surface area contributed by atoms with Crippen LogP contribution in [0, 0.1) is 81.2 Å². The Balaban J connectivity index is 0.000000106. The maximum absolute atomic E-state index is 14.7. The number of benzene rings is 9. The molecule has 31 heteroatoms. The molecule has 0 bridgehead atoms. The third-order valence-corrected chi connectivity index (χ3v) is 25.3. The number of pyridine rings is 1. The molecule has 0 spiro atoms. The standard InChI is InChI=1S/C23H15FN4O.C23H16N4O.C22H13IN4O.C22H13N5O3.C22H15N5O/c1-3-15-8-9-19-17(10-15)21(16-6-4-5-7-18(16)24)27-14(2)23-22(26-12-28(19)23)20-11-25-13-29-20;1-3-16-9-10-19-18(11-16)21(17-7-5-4-6-8-17)26-15(2)23-22(25-13-27(19)23)20-12-24-14-28-20;1-2-14-7-8-18-16(9-14)21(15-5-3-4-6-17(15)23)25-10-19-22(26-12-27(18)19)20-11-24-13-28-20;1-2-14-7-8-17-16(9-14)21(15-5-3-4-6-18(15)27(28)29)24-10-19-22(25-12-26(17)19)20-11-23-13-30-20;1-3-15-7-8-18-16(10-15)20(17-6-4-5-9-24-17)26-14(2)22-21(25-12-27(18)22)19-11-23-13-28-19/h1,4-14H,2H3;1,4-15H,2H3;1,3-9,11-13H,10H2;1,3-9,11-13H,10H2;1,4-14H,2H3/t14-;15-;;;14-/m11..1/s1. The Morgan fingerprint density at radius 2 is 0.692 bits per heavy atom. The number of fused-ring (bicyclic) bond motifs is 15. The van der Waals surface area contributed by atoms with Crippen LogP contribution in [0.25, 0.3) is 85.7 Å². The third-order valence-electron chi connectivity index (χ3n) is 24.4. The van der Waals surface area contributed by atoms with Crippen molar-refractivity contribution in [3.63, 3.8) is 0 Å². The van der Waals surface area contributed by atoms with Gasteiger partial charge in [-0.05, 0) is 171 Å². The lowest BCUT2D eigenvalue weighted by molar-refractivity contribution is -0.385. The zero-order valence-electron chi connectivity index (χ0n) is 75.9. The predicted molar refractivity (Wildman–Crippen MR) is 545 cm³/mol. The van der Waals surface area contributed by atoms with Gasteiger partial charge in [0.1, 0.15) is 65.9 Å². The highest BCUT2D eigenvalue weighted by molar-refractivity contribution is 14.1. The topological polar surface area (TPSA) is 337 Å². The highest BCUT2D eigenvalue weighted by atomic mass is 127. The quantitative estimate of drug-likeness (QED) is 0.0502. The number of aromatic nitrogens is 16. The number of imidazole rings is 5. The Bertz CT molecular complexity index is 8530. The first kappa shape index (κ1) is 89.9. The largest absolute Gasteiger partial charge is 0.442 e. The summed E-state index contributed by atoms with van der Waals surface area (Å²) < 4.78 is 53.2. The molecule has 25 rings (SSSR count). The second kappa shape index (κ2) is 38.9. The van der Waals surface area contributed by atoms with Crippen LogP contribution in [-0.2, 0) is 13.1 Å². The molecular weight excluding hydrogens is 1910 g/mol. The van der Waals surface area contributed by atoms with E-state index in [1.807, 2.05) is 173 Å².